The van der Waals surface area contributed by atoms with Gasteiger partial charge in [0.15, 0.2) is 6.29 Å². The highest BCUT2D eigenvalue weighted by atomic mass is 16.7. The highest BCUT2D eigenvalue weighted by Crippen LogP contribution is 2.65. The average Bonchev–Trinajstić information content (AvgIpc) is 3.01. The molecule has 1 aliphatic heterocycles. The first-order valence-electron chi connectivity index (χ1n) is 11.2. The molecule has 0 spiro atoms. The minimum Gasteiger partial charge on any atom is -0.508 e. The molecule has 156 valence electrons. The van der Waals surface area contributed by atoms with Gasteiger partial charge in [-0.1, -0.05) is 18.9 Å². The molecule has 3 fully saturated rings. The highest BCUT2D eigenvalue weighted by Gasteiger charge is 2.64. The van der Waals surface area contributed by atoms with Gasteiger partial charge in [-0.2, -0.15) is 0 Å². The van der Waals surface area contributed by atoms with E-state index >= 15 is 0 Å². The van der Waals surface area contributed by atoms with Crippen LogP contribution in [0.1, 0.15) is 68.9 Å². The van der Waals surface area contributed by atoms with E-state index in [1.165, 1.54) is 5.56 Å². The summed E-state index contributed by atoms with van der Waals surface area (Å²) in [6, 6.07) is 5.67. The van der Waals surface area contributed by atoms with Crippen LogP contribution in [-0.2, 0) is 15.9 Å². The number of aromatic hydroxyl groups is 1. The van der Waals surface area contributed by atoms with E-state index in [4.69, 9.17) is 15.9 Å². The summed E-state index contributed by atoms with van der Waals surface area (Å²) in [6.45, 7) is 3.04. The van der Waals surface area contributed by atoms with Crippen molar-refractivity contribution in [1.29, 1.82) is 0 Å². The van der Waals surface area contributed by atoms with E-state index in [1.807, 2.05) is 6.07 Å². The fourth-order valence-electron chi connectivity index (χ4n) is 7.08. The van der Waals surface area contributed by atoms with Crippen LogP contribution in [0.15, 0.2) is 18.2 Å². The van der Waals surface area contributed by atoms with Crippen LogP contribution in [0.2, 0.25) is 0 Å². The Balaban J connectivity index is 1.47. The maximum atomic E-state index is 11.2. The number of fused-ring (bicyclic) bond motifs is 5. The summed E-state index contributed by atoms with van der Waals surface area (Å²) in [7, 11) is 0. The summed E-state index contributed by atoms with van der Waals surface area (Å²) in [5.74, 6) is 4.21. The molecule has 1 aromatic carbocycles. The van der Waals surface area contributed by atoms with Crippen LogP contribution in [0.4, 0.5) is 0 Å². The third kappa shape index (κ3) is 2.86. The van der Waals surface area contributed by atoms with Crippen LogP contribution in [0.5, 0.6) is 5.75 Å². The van der Waals surface area contributed by atoms with Crippen molar-refractivity contribution in [3.63, 3.8) is 0 Å². The number of terminal acetylenes is 1. The van der Waals surface area contributed by atoms with Crippen molar-refractivity contribution in [1.82, 2.24) is 0 Å². The molecule has 1 unspecified atom stereocenters. The first-order valence-corrected chi connectivity index (χ1v) is 11.2. The topological polar surface area (TPSA) is 58.9 Å². The third-order valence-corrected chi connectivity index (χ3v) is 8.56. The Kier molecular flexibility index (Phi) is 4.70. The molecule has 4 heteroatoms. The van der Waals surface area contributed by atoms with Gasteiger partial charge < -0.3 is 19.7 Å². The molecule has 5 rings (SSSR count). The van der Waals surface area contributed by atoms with Crippen LogP contribution in [0.25, 0.3) is 0 Å². The lowest BCUT2D eigenvalue weighted by Gasteiger charge is -2.54. The van der Waals surface area contributed by atoms with Crippen molar-refractivity contribution in [2.24, 2.45) is 17.3 Å². The van der Waals surface area contributed by atoms with Crippen LogP contribution in [0, 0.1) is 29.6 Å². The van der Waals surface area contributed by atoms with E-state index in [0.29, 0.717) is 18.3 Å². The number of ether oxygens (including phenoxy) is 2. The average molecular weight is 397 g/mol. The van der Waals surface area contributed by atoms with Crippen LogP contribution >= 0.6 is 0 Å². The maximum absolute atomic E-state index is 11.2. The molecule has 29 heavy (non-hydrogen) atoms. The van der Waals surface area contributed by atoms with Gasteiger partial charge in [0.25, 0.3) is 0 Å². The zero-order chi connectivity index (χ0) is 20.2. The molecule has 1 saturated heterocycles. The van der Waals surface area contributed by atoms with Gasteiger partial charge in [0.2, 0.25) is 0 Å². The molecule has 2 N–H and O–H groups in total. The molecule has 1 aromatic rings. The van der Waals surface area contributed by atoms with Crippen LogP contribution in [0.3, 0.4) is 0 Å². The number of hydrogen-bond donors (Lipinski definition) is 2. The van der Waals surface area contributed by atoms with Gasteiger partial charge in [0, 0.05) is 12.0 Å². The molecule has 2 saturated carbocycles. The molecule has 0 aromatic heterocycles. The van der Waals surface area contributed by atoms with Gasteiger partial charge in [-0.3, -0.25) is 0 Å². The normalized spacial score (nSPS) is 43.7. The van der Waals surface area contributed by atoms with Crippen molar-refractivity contribution in [3.05, 3.63) is 29.3 Å². The molecule has 7 atom stereocenters. The Bertz CT molecular complexity index is 823. The van der Waals surface area contributed by atoms with E-state index in [1.54, 1.807) is 6.07 Å². The number of phenols is 1. The molecule has 0 amide bonds. The largest absolute Gasteiger partial charge is 0.508 e. The van der Waals surface area contributed by atoms with E-state index in [0.717, 1.165) is 57.1 Å². The molecule has 4 nitrogen and oxygen atoms in total. The number of phenolic OH excluding ortho intramolecular Hbond substituents is 1. The highest BCUT2D eigenvalue weighted by molar-refractivity contribution is 5.41. The van der Waals surface area contributed by atoms with Crippen LogP contribution < -0.4 is 0 Å². The number of aliphatic hydroxyl groups excluding tert-OH is 1. The second kappa shape index (κ2) is 7.01. The predicted molar refractivity (Wildman–Crippen MR) is 110 cm³/mol. The lowest BCUT2D eigenvalue weighted by atomic mass is 9.52. The Labute approximate surface area is 173 Å². The van der Waals surface area contributed by atoms with Crippen LogP contribution in [-0.4, -0.2) is 34.8 Å². The maximum Gasteiger partial charge on any atom is 0.159 e. The lowest BCUT2D eigenvalue weighted by molar-refractivity contribution is -0.240. The van der Waals surface area contributed by atoms with Gasteiger partial charge in [0.1, 0.15) is 11.4 Å². The molecular formula is C25H32O4. The summed E-state index contributed by atoms with van der Waals surface area (Å²) >= 11 is 0. The quantitative estimate of drug-likeness (QED) is 0.738. The lowest BCUT2D eigenvalue weighted by Crippen LogP contribution is -2.55. The second-order valence-corrected chi connectivity index (χ2v) is 9.83. The fourth-order valence-corrected chi connectivity index (χ4v) is 7.08. The van der Waals surface area contributed by atoms with Gasteiger partial charge >= 0.3 is 0 Å². The summed E-state index contributed by atoms with van der Waals surface area (Å²) in [6.07, 6.45) is 13.1. The van der Waals surface area contributed by atoms with Crippen molar-refractivity contribution in [2.75, 3.05) is 6.61 Å². The van der Waals surface area contributed by atoms with Crippen molar-refractivity contribution in [3.8, 4) is 18.1 Å². The Hall–Kier alpha value is -1.54. The number of rotatable bonds is 2. The van der Waals surface area contributed by atoms with Gasteiger partial charge in [-0.15, -0.1) is 6.42 Å². The number of benzene rings is 1. The molecule has 0 radical (unpaired) electrons. The molecule has 3 aliphatic carbocycles. The Morgan fingerprint density at radius 3 is 2.83 bits per heavy atom. The molecule has 0 bridgehead atoms. The molecule has 1 heterocycles. The Morgan fingerprint density at radius 2 is 2.07 bits per heavy atom. The molecule has 4 aliphatic rings. The smallest absolute Gasteiger partial charge is 0.159 e. The van der Waals surface area contributed by atoms with Crippen molar-refractivity contribution in [2.45, 2.75) is 82.2 Å². The zero-order valence-electron chi connectivity index (χ0n) is 17.3. The third-order valence-electron chi connectivity index (χ3n) is 8.56. The Morgan fingerprint density at radius 1 is 1.21 bits per heavy atom. The van der Waals surface area contributed by atoms with E-state index < -0.39 is 11.7 Å². The summed E-state index contributed by atoms with van der Waals surface area (Å²) in [5, 5.41) is 21.1. The minimum absolute atomic E-state index is 0.154. The summed E-state index contributed by atoms with van der Waals surface area (Å²) < 4.78 is 12.5. The van der Waals surface area contributed by atoms with Gasteiger partial charge in [-0.05, 0) is 92.4 Å². The first-order chi connectivity index (χ1) is 14.0. The number of aliphatic hydroxyl groups is 1. The van der Waals surface area contributed by atoms with Gasteiger partial charge in [-0.25, -0.2) is 0 Å². The summed E-state index contributed by atoms with van der Waals surface area (Å²) in [4.78, 5) is 0. The van der Waals surface area contributed by atoms with Crippen molar-refractivity contribution >= 4 is 0 Å². The van der Waals surface area contributed by atoms with Gasteiger partial charge in [0.05, 0.1) is 6.10 Å². The summed E-state index contributed by atoms with van der Waals surface area (Å²) in [5.41, 5.74) is 1.63. The van der Waals surface area contributed by atoms with E-state index in [2.05, 4.69) is 18.9 Å². The standard InChI is InChI=1S/C25H32O4/c1-3-25(29-22-6-4-5-13-28-22)12-10-20-23-19(9-11-24(20,25)2)18-8-7-17(26)14-16(18)15-21(23)27/h1,7-8,14,19-23,26-27H,4-6,9-13,15H2,2H3/t19-,20+,21-,22?,23-,24+,25+/m1/s1. The fraction of sp³-hybridized carbons (Fsp3) is 0.680. The first kappa shape index (κ1) is 19.4. The van der Waals surface area contributed by atoms with Crippen molar-refractivity contribution < 1.29 is 19.7 Å². The number of hydrogen-bond acceptors (Lipinski definition) is 4. The zero-order valence-corrected chi connectivity index (χ0v) is 17.3. The monoisotopic (exact) mass is 396 g/mol. The minimum atomic E-state index is -0.612. The predicted octanol–water partition coefficient (Wildman–Crippen LogP) is 4.13. The van der Waals surface area contributed by atoms with E-state index in [9.17, 15) is 10.2 Å². The van der Waals surface area contributed by atoms with E-state index in [-0.39, 0.29) is 23.4 Å². The SMILES string of the molecule is C#C[C@]1(OC2CCCCO2)CC[C@H]2[C@@H]3[C@H](O)Cc4cc(O)ccc4[C@H]3CC[C@@]21C. The molecular weight excluding hydrogens is 364 g/mol. The second-order valence-electron chi connectivity index (χ2n) is 9.83.